The quantitative estimate of drug-likeness (QED) is 0.832. The monoisotopic (exact) mass is 282 g/mol. The molecule has 0 saturated heterocycles. The standard InChI is InChI=1S/C17H15FN2O/c1-12-7-8-14(10-13(12)4-3-9-19)17(21)20-16-6-2-5-15(18)11-16/h2,5-8,10-11H,9,19H2,1H3,(H,20,21). The van der Waals surface area contributed by atoms with E-state index in [1.165, 1.54) is 18.2 Å². The smallest absolute Gasteiger partial charge is 0.255 e. The van der Waals surface area contributed by atoms with Crippen LogP contribution in [-0.2, 0) is 0 Å². The topological polar surface area (TPSA) is 55.1 Å². The third-order valence-corrected chi connectivity index (χ3v) is 2.91. The maximum Gasteiger partial charge on any atom is 0.255 e. The fourth-order valence-corrected chi connectivity index (χ4v) is 1.81. The van der Waals surface area contributed by atoms with Crippen molar-refractivity contribution < 1.29 is 9.18 Å². The Morgan fingerprint density at radius 1 is 1.29 bits per heavy atom. The van der Waals surface area contributed by atoms with Crippen molar-refractivity contribution in [2.24, 2.45) is 5.73 Å². The molecule has 0 aliphatic carbocycles. The SMILES string of the molecule is Cc1ccc(C(=O)Nc2cccc(F)c2)cc1C#CCN. The van der Waals surface area contributed by atoms with Crippen LogP contribution in [0, 0.1) is 24.6 Å². The summed E-state index contributed by atoms with van der Waals surface area (Å²) in [5.41, 5.74) is 7.96. The van der Waals surface area contributed by atoms with Crippen molar-refractivity contribution in [2.75, 3.05) is 11.9 Å². The van der Waals surface area contributed by atoms with Crippen LogP contribution in [0.3, 0.4) is 0 Å². The van der Waals surface area contributed by atoms with Gasteiger partial charge in [-0.15, -0.1) is 0 Å². The number of hydrogen-bond acceptors (Lipinski definition) is 2. The second-order valence-corrected chi connectivity index (χ2v) is 4.50. The number of rotatable bonds is 2. The van der Waals surface area contributed by atoms with Crippen LogP contribution in [0.15, 0.2) is 42.5 Å². The molecule has 0 saturated carbocycles. The van der Waals surface area contributed by atoms with Gasteiger partial charge in [0.1, 0.15) is 5.82 Å². The molecular formula is C17H15FN2O. The number of amides is 1. The second kappa shape index (κ2) is 6.69. The van der Waals surface area contributed by atoms with Gasteiger partial charge in [-0.2, -0.15) is 0 Å². The highest BCUT2D eigenvalue weighted by Crippen LogP contribution is 2.14. The maximum absolute atomic E-state index is 13.1. The summed E-state index contributed by atoms with van der Waals surface area (Å²) < 4.78 is 13.1. The first-order valence-electron chi connectivity index (χ1n) is 6.46. The number of nitrogens with two attached hydrogens (primary N) is 1. The van der Waals surface area contributed by atoms with E-state index in [0.717, 1.165) is 11.1 Å². The van der Waals surface area contributed by atoms with E-state index < -0.39 is 5.82 Å². The summed E-state index contributed by atoms with van der Waals surface area (Å²) in [5, 5.41) is 2.65. The summed E-state index contributed by atoms with van der Waals surface area (Å²) in [5.74, 6) is 4.99. The zero-order valence-corrected chi connectivity index (χ0v) is 11.6. The minimum atomic E-state index is -0.397. The Morgan fingerprint density at radius 2 is 2.10 bits per heavy atom. The predicted molar refractivity (Wildman–Crippen MR) is 81.5 cm³/mol. The highest BCUT2D eigenvalue weighted by Gasteiger charge is 2.08. The van der Waals surface area contributed by atoms with Gasteiger partial charge in [0.2, 0.25) is 0 Å². The molecule has 3 N–H and O–H groups in total. The van der Waals surface area contributed by atoms with E-state index >= 15 is 0 Å². The van der Waals surface area contributed by atoms with Crippen molar-refractivity contribution in [1.82, 2.24) is 0 Å². The molecule has 0 spiro atoms. The lowest BCUT2D eigenvalue weighted by atomic mass is 10.0. The number of anilines is 1. The van der Waals surface area contributed by atoms with Gasteiger partial charge in [-0.25, -0.2) is 4.39 Å². The van der Waals surface area contributed by atoms with E-state index in [1.54, 1.807) is 18.2 Å². The highest BCUT2D eigenvalue weighted by atomic mass is 19.1. The molecule has 0 aliphatic heterocycles. The predicted octanol–water partition coefficient (Wildman–Crippen LogP) is 2.70. The molecule has 0 heterocycles. The molecule has 2 rings (SSSR count). The van der Waals surface area contributed by atoms with E-state index in [0.29, 0.717) is 11.3 Å². The lowest BCUT2D eigenvalue weighted by molar-refractivity contribution is 0.102. The third-order valence-electron chi connectivity index (χ3n) is 2.91. The van der Waals surface area contributed by atoms with Crippen LogP contribution >= 0.6 is 0 Å². The number of aryl methyl sites for hydroxylation is 1. The average molecular weight is 282 g/mol. The number of carbonyl (C=O) groups excluding carboxylic acids is 1. The van der Waals surface area contributed by atoms with Gasteiger partial charge in [-0.05, 0) is 42.8 Å². The fraction of sp³-hybridized carbons (Fsp3) is 0.118. The minimum absolute atomic E-state index is 0.263. The summed E-state index contributed by atoms with van der Waals surface area (Å²) in [7, 11) is 0. The Kier molecular flexibility index (Phi) is 4.70. The van der Waals surface area contributed by atoms with Crippen LogP contribution in [0.2, 0.25) is 0 Å². The molecule has 0 unspecified atom stereocenters. The number of halogens is 1. The first-order chi connectivity index (χ1) is 10.1. The molecular weight excluding hydrogens is 267 g/mol. The number of carbonyl (C=O) groups is 1. The summed E-state index contributed by atoms with van der Waals surface area (Å²) >= 11 is 0. The molecule has 0 bridgehead atoms. The summed E-state index contributed by atoms with van der Waals surface area (Å²) in [6.07, 6.45) is 0. The van der Waals surface area contributed by atoms with Gasteiger partial charge < -0.3 is 11.1 Å². The van der Waals surface area contributed by atoms with Gasteiger partial charge in [0.25, 0.3) is 5.91 Å². The van der Waals surface area contributed by atoms with Crippen molar-refractivity contribution in [3.05, 3.63) is 65.0 Å². The van der Waals surface area contributed by atoms with Gasteiger partial charge in [0, 0.05) is 16.8 Å². The highest BCUT2D eigenvalue weighted by molar-refractivity contribution is 6.04. The first-order valence-corrected chi connectivity index (χ1v) is 6.46. The molecule has 0 aliphatic rings. The van der Waals surface area contributed by atoms with Gasteiger partial charge >= 0.3 is 0 Å². The Hall–Kier alpha value is -2.64. The lowest BCUT2D eigenvalue weighted by Crippen LogP contribution is -2.12. The van der Waals surface area contributed by atoms with E-state index in [9.17, 15) is 9.18 Å². The van der Waals surface area contributed by atoms with Crippen LogP contribution in [0.5, 0.6) is 0 Å². The molecule has 3 nitrogen and oxygen atoms in total. The summed E-state index contributed by atoms with van der Waals surface area (Å²) in [4.78, 5) is 12.2. The zero-order valence-electron chi connectivity index (χ0n) is 11.6. The van der Waals surface area contributed by atoms with Crippen molar-refractivity contribution in [3.8, 4) is 11.8 Å². The fourth-order valence-electron chi connectivity index (χ4n) is 1.81. The van der Waals surface area contributed by atoms with Gasteiger partial charge in [0.15, 0.2) is 0 Å². The number of hydrogen-bond donors (Lipinski definition) is 2. The largest absolute Gasteiger partial charge is 0.322 e. The van der Waals surface area contributed by atoms with Gasteiger partial charge in [-0.3, -0.25) is 4.79 Å². The molecule has 2 aromatic rings. The van der Waals surface area contributed by atoms with Crippen LogP contribution in [0.4, 0.5) is 10.1 Å². The van der Waals surface area contributed by atoms with Crippen LogP contribution in [0.1, 0.15) is 21.5 Å². The summed E-state index contributed by atoms with van der Waals surface area (Å²) in [6, 6.07) is 11.0. The van der Waals surface area contributed by atoms with Crippen LogP contribution in [0.25, 0.3) is 0 Å². The van der Waals surface area contributed by atoms with Gasteiger partial charge in [0.05, 0.1) is 6.54 Å². The van der Waals surface area contributed by atoms with Crippen molar-refractivity contribution >= 4 is 11.6 Å². The first kappa shape index (κ1) is 14.8. The van der Waals surface area contributed by atoms with E-state index in [-0.39, 0.29) is 12.5 Å². The second-order valence-electron chi connectivity index (χ2n) is 4.50. The molecule has 21 heavy (non-hydrogen) atoms. The normalized spacial score (nSPS) is 9.67. The molecule has 4 heteroatoms. The molecule has 0 radical (unpaired) electrons. The average Bonchev–Trinajstić information content (AvgIpc) is 2.46. The maximum atomic E-state index is 13.1. The van der Waals surface area contributed by atoms with E-state index in [4.69, 9.17) is 5.73 Å². The molecule has 1 amide bonds. The van der Waals surface area contributed by atoms with Crippen LogP contribution < -0.4 is 11.1 Å². The Labute approximate surface area is 123 Å². The molecule has 0 aromatic heterocycles. The number of nitrogens with one attached hydrogen (secondary N) is 1. The van der Waals surface area contributed by atoms with Crippen molar-refractivity contribution in [2.45, 2.75) is 6.92 Å². The van der Waals surface area contributed by atoms with E-state index in [2.05, 4.69) is 17.2 Å². The van der Waals surface area contributed by atoms with Crippen molar-refractivity contribution in [3.63, 3.8) is 0 Å². The third kappa shape index (κ3) is 3.91. The summed E-state index contributed by atoms with van der Waals surface area (Å²) in [6.45, 7) is 2.17. The zero-order chi connectivity index (χ0) is 15.2. The Morgan fingerprint density at radius 3 is 2.81 bits per heavy atom. The Balaban J connectivity index is 2.23. The molecule has 106 valence electrons. The number of benzene rings is 2. The van der Waals surface area contributed by atoms with E-state index in [1.807, 2.05) is 13.0 Å². The minimum Gasteiger partial charge on any atom is -0.322 e. The lowest BCUT2D eigenvalue weighted by Gasteiger charge is -2.07. The Bertz CT molecular complexity index is 729. The van der Waals surface area contributed by atoms with Gasteiger partial charge in [-0.1, -0.05) is 24.0 Å². The molecule has 0 atom stereocenters. The van der Waals surface area contributed by atoms with Crippen molar-refractivity contribution in [1.29, 1.82) is 0 Å². The molecule has 0 fully saturated rings. The van der Waals surface area contributed by atoms with Crippen LogP contribution in [-0.4, -0.2) is 12.5 Å². The molecule has 2 aromatic carbocycles.